The Morgan fingerprint density at radius 3 is 0.956 bits per heavy atom. The molecule has 524 valence electrons. The molecule has 0 aliphatic carbocycles. The fraction of sp³-hybridized carbons (Fsp3) is 0.712. The Labute approximate surface area is 551 Å². The maximum atomic E-state index is 12.9. The number of carbonyl (C=O) groups is 3. The minimum absolute atomic E-state index is 0.0978. The van der Waals surface area contributed by atoms with Gasteiger partial charge in [0.25, 0.3) is 0 Å². The van der Waals surface area contributed by atoms with Crippen molar-refractivity contribution in [3.63, 3.8) is 0 Å². The zero-order chi connectivity index (χ0) is 66.7. The van der Waals surface area contributed by atoms with E-state index >= 15 is 0 Å². The first kappa shape index (κ1) is 87.2. The Bertz CT molecular complexity index is 2100. The van der Waals surface area contributed by atoms with Gasteiger partial charge in [0.15, 0.2) is 6.10 Å². The van der Waals surface area contributed by atoms with Crippen molar-refractivity contribution in [3.05, 3.63) is 109 Å². The summed E-state index contributed by atoms with van der Waals surface area (Å²) in [4.78, 5) is 58.4. The fourth-order valence-corrected chi connectivity index (χ4v) is 10.7. The molecule has 0 radical (unpaired) electrons. The highest BCUT2D eigenvalue weighted by Gasteiger charge is 2.29. The molecule has 16 nitrogen and oxygen atoms in total. The first-order valence-corrected chi connectivity index (χ1v) is 38.2. The Morgan fingerprint density at radius 2 is 0.582 bits per heavy atom. The van der Waals surface area contributed by atoms with Crippen molar-refractivity contribution in [3.8, 4) is 0 Å². The monoisotopic (exact) mass is 1320 g/mol. The van der Waals surface area contributed by atoms with Gasteiger partial charge in [0, 0.05) is 19.3 Å². The second-order valence-electron chi connectivity index (χ2n) is 23.3. The minimum Gasteiger partial charge on any atom is -0.463 e. The second-order valence-corrected chi connectivity index (χ2v) is 26.2. The second kappa shape index (κ2) is 66.2. The fourth-order valence-electron chi connectivity index (χ4n) is 9.11. The van der Waals surface area contributed by atoms with Crippen LogP contribution in [-0.2, 0) is 55.8 Å². The van der Waals surface area contributed by atoms with E-state index in [1.54, 1.807) is 0 Å². The van der Waals surface area contributed by atoms with Gasteiger partial charge in [-0.05, 0) is 109 Å². The maximum absolute atomic E-state index is 12.9. The predicted octanol–water partition coefficient (Wildman–Crippen LogP) is 19.6. The summed E-state index contributed by atoms with van der Waals surface area (Å²) >= 11 is 0. The molecule has 0 fully saturated rings. The molecule has 4 N–H and O–H groups in total. The number of carbonyl (C=O) groups excluding carboxylic acids is 3. The van der Waals surface area contributed by atoms with Crippen LogP contribution in [0.1, 0.15) is 278 Å². The van der Waals surface area contributed by atoms with Crippen molar-refractivity contribution in [2.45, 2.75) is 296 Å². The summed E-state index contributed by atoms with van der Waals surface area (Å²) < 4.78 is 60.9. The van der Waals surface area contributed by atoms with Gasteiger partial charge in [0.05, 0.1) is 26.4 Å². The molecule has 0 aliphatic heterocycles. The molecular formula is C73H126O16P2. The molecule has 0 amide bonds. The quantitative estimate of drug-likeness (QED) is 0.0146. The van der Waals surface area contributed by atoms with Gasteiger partial charge < -0.3 is 34.2 Å². The Morgan fingerprint density at radius 1 is 0.319 bits per heavy atom. The number of aliphatic hydroxyl groups is 2. The number of esters is 3. The highest BCUT2D eigenvalue weighted by Crippen LogP contribution is 2.45. The Kier molecular flexibility index (Phi) is 63.5. The van der Waals surface area contributed by atoms with Gasteiger partial charge in [-0.15, -0.1) is 0 Å². The molecule has 0 rings (SSSR count). The number of allylic oxidation sites excluding steroid dienone is 18. The van der Waals surface area contributed by atoms with Crippen LogP contribution in [0.4, 0.5) is 0 Å². The predicted molar refractivity (Wildman–Crippen MR) is 371 cm³/mol. The first-order valence-electron chi connectivity index (χ1n) is 35.2. The number of unbranched alkanes of at least 4 members (excludes halogenated alkanes) is 25. The van der Waals surface area contributed by atoms with Crippen LogP contribution in [0.15, 0.2) is 109 Å². The van der Waals surface area contributed by atoms with Gasteiger partial charge in [-0.1, -0.05) is 259 Å². The third kappa shape index (κ3) is 67.4. The molecule has 0 aliphatic rings. The number of phosphoric acid groups is 2. The van der Waals surface area contributed by atoms with E-state index in [1.165, 1.54) is 89.9 Å². The summed E-state index contributed by atoms with van der Waals surface area (Å²) in [5.74, 6) is -1.63. The molecule has 5 unspecified atom stereocenters. The number of phosphoric ester groups is 2. The van der Waals surface area contributed by atoms with Crippen molar-refractivity contribution < 1.29 is 75.8 Å². The highest BCUT2D eigenvalue weighted by molar-refractivity contribution is 7.47. The van der Waals surface area contributed by atoms with Gasteiger partial charge >= 0.3 is 33.6 Å². The van der Waals surface area contributed by atoms with Crippen LogP contribution < -0.4 is 0 Å². The van der Waals surface area contributed by atoms with E-state index < -0.39 is 91.5 Å². The largest absolute Gasteiger partial charge is 0.472 e. The maximum Gasteiger partial charge on any atom is 0.472 e. The number of rotatable bonds is 66. The number of hydrogen-bond acceptors (Lipinski definition) is 14. The van der Waals surface area contributed by atoms with E-state index in [-0.39, 0.29) is 19.3 Å². The number of aliphatic hydroxyl groups excluding tert-OH is 2. The molecule has 0 spiro atoms. The standard InChI is InChI=1S/C73H126O16P2/c1-4-7-10-13-16-19-22-25-28-30-32-33-35-37-39-41-44-47-50-53-56-59-71(76)83-62-68(74)63-85-90(79,80)86-64-69(75)65-87-91(81,82)88-67-70(89-73(78)61-58-55-52-49-46-43-38-27-24-21-18-15-12-9-6-3)66-84-72(77)60-57-54-51-48-45-42-40-36-34-31-29-26-23-20-17-14-11-8-5-2/h8,11,16-17,19-20,25-26,28-29,32-34,36-37,39,42,45,68-70,74-75H,4-7,9-10,12-15,18,21-24,27,30-31,35,38,40-41,43-44,46-67H2,1-3H3,(H,79,80)(H,81,82)/b11-8-,19-16-,20-17-,28-25-,29-26-,33-32-,36-34-,39-37-,45-42-. The molecule has 0 aromatic heterocycles. The number of hydrogen-bond donors (Lipinski definition) is 4. The Hall–Kier alpha value is -3.79. The molecule has 0 aromatic rings. The minimum atomic E-state index is -4.93. The third-order valence-corrected chi connectivity index (χ3v) is 16.4. The first-order chi connectivity index (χ1) is 44.2. The van der Waals surface area contributed by atoms with Gasteiger partial charge in [0.1, 0.15) is 25.4 Å². The average molecular weight is 1320 g/mol. The molecule has 18 heteroatoms. The molecule has 0 saturated heterocycles. The van der Waals surface area contributed by atoms with Crippen molar-refractivity contribution in [1.29, 1.82) is 0 Å². The van der Waals surface area contributed by atoms with Crippen LogP contribution in [0.25, 0.3) is 0 Å². The van der Waals surface area contributed by atoms with Crippen LogP contribution in [0, 0.1) is 0 Å². The summed E-state index contributed by atoms with van der Waals surface area (Å²) in [5, 5.41) is 20.6. The average Bonchev–Trinajstić information content (AvgIpc) is 3.08. The van der Waals surface area contributed by atoms with Crippen LogP contribution >= 0.6 is 15.6 Å². The van der Waals surface area contributed by atoms with Gasteiger partial charge in [-0.2, -0.15) is 0 Å². The SMILES string of the molecule is CC/C=C\C/C=C\C/C=C\C/C=C\C/C=C\CCCCCC(=O)OCC(COP(=O)(O)OCC(O)COP(=O)(O)OCC(O)COC(=O)CCCCCCC/C=C\C/C=C\C/C=C\C/C=C\CCCCC)OC(=O)CCCCCCCCCCCCCCCCC. The van der Waals surface area contributed by atoms with E-state index in [0.717, 1.165) is 128 Å². The molecule has 0 bridgehead atoms. The van der Waals surface area contributed by atoms with Gasteiger partial charge in [0.2, 0.25) is 0 Å². The van der Waals surface area contributed by atoms with E-state index in [1.807, 2.05) is 0 Å². The zero-order valence-corrected chi connectivity index (χ0v) is 58.5. The van der Waals surface area contributed by atoms with E-state index in [4.69, 9.17) is 32.3 Å². The van der Waals surface area contributed by atoms with Crippen molar-refractivity contribution in [2.24, 2.45) is 0 Å². The van der Waals surface area contributed by atoms with Gasteiger partial charge in [-0.25, -0.2) is 9.13 Å². The highest BCUT2D eigenvalue weighted by atomic mass is 31.2. The van der Waals surface area contributed by atoms with Gasteiger partial charge in [-0.3, -0.25) is 32.5 Å². The van der Waals surface area contributed by atoms with E-state index in [9.17, 15) is 43.5 Å². The lowest BCUT2D eigenvalue weighted by Crippen LogP contribution is -2.30. The molecule has 91 heavy (non-hydrogen) atoms. The number of ether oxygens (including phenoxy) is 3. The van der Waals surface area contributed by atoms with E-state index in [2.05, 4.69) is 130 Å². The molecule has 0 saturated carbocycles. The lowest BCUT2D eigenvalue weighted by Gasteiger charge is -2.21. The van der Waals surface area contributed by atoms with Crippen LogP contribution in [0.2, 0.25) is 0 Å². The lowest BCUT2D eigenvalue weighted by atomic mass is 10.0. The van der Waals surface area contributed by atoms with Crippen LogP contribution in [0.5, 0.6) is 0 Å². The normalized spacial score (nSPS) is 14.8. The molecule has 5 atom stereocenters. The molecular weight excluding hydrogens is 1190 g/mol. The summed E-state index contributed by atoms with van der Waals surface area (Å²) in [5.41, 5.74) is 0. The summed E-state index contributed by atoms with van der Waals surface area (Å²) in [6.45, 7) is 2.48. The molecule has 0 aromatic carbocycles. The van der Waals surface area contributed by atoms with Crippen molar-refractivity contribution >= 4 is 33.6 Å². The van der Waals surface area contributed by atoms with Crippen molar-refractivity contribution in [1.82, 2.24) is 0 Å². The smallest absolute Gasteiger partial charge is 0.463 e. The summed E-state index contributed by atoms with van der Waals surface area (Å²) in [7, 11) is -9.79. The molecule has 0 heterocycles. The van der Waals surface area contributed by atoms with Crippen LogP contribution in [-0.4, -0.2) is 95.9 Å². The third-order valence-electron chi connectivity index (χ3n) is 14.5. The van der Waals surface area contributed by atoms with Crippen LogP contribution in [0.3, 0.4) is 0 Å². The van der Waals surface area contributed by atoms with E-state index in [0.29, 0.717) is 19.3 Å². The summed E-state index contributed by atoms with van der Waals surface area (Å²) in [6, 6.07) is 0. The lowest BCUT2D eigenvalue weighted by molar-refractivity contribution is -0.161. The zero-order valence-electron chi connectivity index (χ0n) is 56.7. The van der Waals surface area contributed by atoms with Crippen molar-refractivity contribution in [2.75, 3.05) is 39.6 Å². The Balaban J connectivity index is 4.70. The summed E-state index contributed by atoms with van der Waals surface area (Å²) in [6.07, 6.45) is 74.2. The topological polar surface area (TPSA) is 231 Å².